The lowest BCUT2D eigenvalue weighted by Gasteiger charge is -2.31. The summed E-state index contributed by atoms with van der Waals surface area (Å²) in [5, 5.41) is 0.822. The minimum Gasteiger partial charge on any atom is -0.370 e. The number of hydrogen-bond donors (Lipinski definition) is 1. The Morgan fingerprint density at radius 2 is 1.89 bits per heavy atom. The highest BCUT2D eigenvalue weighted by molar-refractivity contribution is 6.33. The van der Waals surface area contributed by atoms with Crippen LogP contribution in [0.1, 0.15) is 39.2 Å². The van der Waals surface area contributed by atoms with E-state index in [1.807, 2.05) is 19.1 Å². The highest BCUT2D eigenvalue weighted by Gasteiger charge is 2.17. The molecule has 0 bridgehead atoms. The molecule has 0 aromatic heterocycles. The van der Waals surface area contributed by atoms with Gasteiger partial charge in [0, 0.05) is 19.1 Å². The van der Waals surface area contributed by atoms with Crippen LogP contribution in [0.3, 0.4) is 0 Å². The van der Waals surface area contributed by atoms with E-state index in [0.717, 1.165) is 30.0 Å². The molecule has 2 N–H and O–H groups in total. The monoisotopic (exact) mass is 268 g/mol. The maximum Gasteiger partial charge on any atom is 0.0642 e. The summed E-state index contributed by atoms with van der Waals surface area (Å²) in [6, 6.07) is 6.77. The van der Waals surface area contributed by atoms with Crippen molar-refractivity contribution in [1.82, 2.24) is 0 Å². The molecular formula is C15H25ClN2. The van der Waals surface area contributed by atoms with E-state index in [0.29, 0.717) is 6.04 Å². The van der Waals surface area contributed by atoms with Gasteiger partial charge in [0.25, 0.3) is 0 Å². The Labute approximate surface area is 116 Å². The van der Waals surface area contributed by atoms with Crippen LogP contribution in [0.4, 0.5) is 5.69 Å². The van der Waals surface area contributed by atoms with E-state index >= 15 is 0 Å². The van der Waals surface area contributed by atoms with Crippen molar-refractivity contribution in [1.29, 1.82) is 0 Å². The molecule has 0 aliphatic rings. The average Bonchev–Trinajstić information content (AvgIpc) is 2.29. The number of anilines is 1. The molecule has 102 valence electrons. The van der Waals surface area contributed by atoms with Crippen LogP contribution in [0.25, 0.3) is 0 Å². The molecule has 1 atom stereocenters. The summed E-state index contributed by atoms with van der Waals surface area (Å²) in [5.41, 5.74) is 8.31. The molecule has 0 spiro atoms. The molecule has 0 saturated carbocycles. The van der Waals surface area contributed by atoms with Gasteiger partial charge in [0.15, 0.2) is 0 Å². The second-order valence-electron chi connectivity index (χ2n) is 5.01. The van der Waals surface area contributed by atoms with Gasteiger partial charge in [-0.25, -0.2) is 0 Å². The lowest BCUT2D eigenvalue weighted by Crippen LogP contribution is -2.32. The molecule has 1 unspecified atom stereocenters. The zero-order valence-corrected chi connectivity index (χ0v) is 12.7. The van der Waals surface area contributed by atoms with Gasteiger partial charge in [0.2, 0.25) is 0 Å². The van der Waals surface area contributed by atoms with Gasteiger partial charge in [-0.05, 0) is 37.8 Å². The van der Waals surface area contributed by atoms with Crippen LogP contribution in [0.2, 0.25) is 5.02 Å². The summed E-state index contributed by atoms with van der Waals surface area (Å²) < 4.78 is 0. The molecule has 1 aromatic rings. The fraction of sp³-hybridized carbons (Fsp3) is 0.600. The van der Waals surface area contributed by atoms with Crippen LogP contribution in [0.15, 0.2) is 18.2 Å². The molecule has 0 fully saturated rings. The van der Waals surface area contributed by atoms with Crippen LogP contribution < -0.4 is 10.6 Å². The Balaban J connectivity index is 3.12. The molecule has 1 aromatic carbocycles. The summed E-state index contributed by atoms with van der Waals surface area (Å²) >= 11 is 6.38. The quantitative estimate of drug-likeness (QED) is 0.849. The maximum absolute atomic E-state index is 6.38. The van der Waals surface area contributed by atoms with Crippen molar-refractivity contribution >= 4 is 17.3 Å². The third-order valence-electron chi connectivity index (χ3n) is 3.46. The van der Waals surface area contributed by atoms with E-state index in [1.165, 1.54) is 5.56 Å². The Hall–Kier alpha value is -0.730. The van der Waals surface area contributed by atoms with E-state index in [9.17, 15) is 0 Å². The van der Waals surface area contributed by atoms with Crippen molar-refractivity contribution in [3.05, 3.63) is 28.8 Å². The molecular weight excluding hydrogens is 244 g/mol. The summed E-state index contributed by atoms with van der Waals surface area (Å²) in [4.78, 5) is 2.31. The van der Waals surface area contributed by atoms with Gasteiger partial charge in [0.1, 0.15) is 0 Å². The lowest BCUT2D eigenvalue weighted by atomic mass is 10.0. The summed E-state index contributed by atoms with van der Waals surface area (Å²) in [6.45, 7) is 6.46. The van der Waals surface area contributed by atoms with E-state index in [4.69, 9.17) is 17.3 Å². The van der Waals surface area contributed by atoms with Gasteiger partial charge in [-0.1, -0.05) is 37.6 Å². The maximum atomic E-state index is 6.38. The molecule has 0 heterocycles. The Morgan fingerprint density at radius 3 is 2.39 bits per heavy atom. The predicted molar refractivity (Wildman–Crippen MR) is 81.6 cm³/mol. The zero-order valence-electron chi connectivity index (χ0n) is 11.9. The Bertz CT molecular complexity index is 373. The van der Waals surface area contributed by atoms with Gasteiger partial charge in [-0.15, -0.1) is 0 Å². The van der Waals surface area contributed by atoms with Crippen LogP contribution in [0, 0.1) is 0 Å². The van der Waals surface area contributed by atoms with E-state index < -0.39 is 0 Å². The van der Waals surface area contributed by atoms with Crippen molar-refractivity contribution in [2.75, 3.05) is 11.9 Å². The average molecular weight is 269 g/mol. The van der Waals surface area contributed by atoms with Crippen molar-refractivity contribution in [2.24, 2.45) is 5.73 Å². The largest absolute Gasteiger partial charge is 0.370 e. The normalized spacial score (nSPS) is 12.8. The third kappa shape index (κ3) is 3.63. The van der Waals surface area contributed by atoms with Crippen LogP contribution in [-0.4, -0.2) is 19.1 Å². The van der Waals surface area contributed by atoms with Gasteiger partial charge < -0.3 is 10.6 Å². The van der Waals surface area contributed by atoms with Gasteiger partial charge in [0.05, 0.1) is 10.7 Å². The Morgan fingerprint density at radius 1 is 1.28 bits per heavy atom. The summed E-state index contributed by atoms with van der Waals surface area (Å²) in [6.07, 6.45) is 3.10. The molecule has 1 rings (SSSR count). The van der Waals surface area contributed by atoms with Gasteiger partial charge in [-0.2, -0.15) is 0 Å². The topological polar surface area (TPSA) is 29.3 Å². The number of para-hydroxylation sites is 1. The van der Waals surface area contributed by atoms with Crippen molar-refractivity contribution in [3.63, 3.8) is 0 Å². The smallest absolute Gasteiger partial charge is 0.0642 e. The first-order chi connectivity index (χ1) is 8.51. The zero-order chi connectivity index (χ0) is 13.7. The Kier molecular flexibility index (Phi) is 5.97. The first-order valence-electron chi connectivity index (χ1n) is 6.77. The van der Waals surface area contributed by atoms with Crippen LogP contribution >= 0.6 is 11.6 Å². The SMILES string of the molecule is CCC(CC)N(C)c1c(Cl)cccc1CC(C)N. The fourth-order valence-corrected chi connectivity index (χ4v) is 2.81. The van der Waals surface area contributed by atoms with E-state index in [1.54, 1.807) is 0 Å². The number of halogens is 1. The standard InChI is InChI=1S/C15H25ClN2/c1-5-13(6-2)18(4)15-12(10-11(3)17)8-7-9-14(15)16/h7-9,11,13H,5-6,10,17H2,1-4H3. The highest BCUT2D eigenvalue weighted by Crippen LogP contribution is 2.32. The van der Waals surface area contributed by atoms with Crippen molar-refractivity contribution in [3.8, 4) is 0 Å². The molecule has 3 heteroatoms. The lowest BCUT2D eigenvalue weighted by molar-refractivity contribution is 0.588. The first kappa shape index (κ1) is 15.3. The molecule has 2 nitrogen and oxygen atoms in total. The number of nitrogens with zero attached hydrogens (tertiary/aromatic N) is 1. The number of rotatable bonds is 6. The number of benzene rings is 1. The van der Waals surface area contributed by atoms with E-state index in [2.05, 4.69) is 31.9 Å². The summed E-state index contributed by atoms with van der Waals surface area (Å²) in [5.74, 6) is 0. The second-order valence-corrected chi connectivity index (χ2v) is 5.42. The van der Waals surface area contributed by atoms with Crippen LogP contribution in [-0.2, 0) is 6.42 Å². The minimum absolute atomic E-state index is 0.150. The first-order valence-corrected chi connectivity index (χ1v) is 7.14. The molecule has 0 radical (unpaired) electrons. The van der Waals surface area contributed by atoms with Crippen molar-refractivity contribution < 1.29 is 0 Å². The molecule has 0 amide bonds. The molecule has 0 aliphatic carbocycles. The second kappa shape index (κ2) is 7.01. The fourth-order valence-electron chi connectivity index (χ4n) is 2.49. The molecule has 0 saturated heterocycles. The molecule has 0 aliphatic heterocycles. The number of hydrogen-bond acceptors (Lipinski definition) is 2. The van der Waals surface area contributed by atoms with Crippen molar-refractivity contribution in [2.45, 2.75) is 52.1 Å². The number of nitrogens with two attached hydrogens (primary N) is 1. The van der Waals surface area contributed by atoms with E-state index in [-0.39, 0.29) is 6.04 Å². The summed E-state index contributed by atoms with van der Waals surface area (Å²) in [7, 11) is 2.13. The van der Waals surface area contributed by atoms with Gasteiger partial charge in [-0.3, -0.25) is 0 Å². The van der Waals surface area contributed by atoms with Gasteiger partial charge >= 0.3 is 0 Å². The van der Waals surface area contributed by atoms with Crippen LogP contribution in [0.5, 0.6) is 0 Å². The predicted octanol–water partition coefficient (Wildman–Crippen LogP) is 3.85. The minimum atomic E-state index is 0.150. The highest BCUT2D eigenvalue weighted by atomic mass is 35.5. The molecule has 18 heavy (non-hydrogen) atoms. The third-order valence-corrected chi connectivity index (χ3v) is 3.76.